The fourth-order valence-electron chi connectivity index (χ4n) is 2.31. The molecule has 0 saturated carbocycles. The van der Waals surface area contributed by atoms with Crippen LogP contribution in [0.1, 0.15) is 37.5 Å². The van der Waals surface area contributed by atoms with E-state index in [4.69, 9.17) is 9.84 Å². The maximum absolute atomic E-state index is 12.6. The van der Waals surface area contributed by atoms with Crippen LogP contribution in [0.5, 0.6) is 0 Å². The number of nitrogens with zero attached hydrogens (tertiary/aromatic N) is 1. The lowest BCUT2D eigenvalue weighted by Gasteiger charge is -2.35. The van der Waals surface area contributed by atoms with E-state index in [1.54, 1.807) is 4.90 Å². The van der Waals surface area contributed by atoms with Crippen LogP contribution in [0.2, 0.25) is 0 Å². The molecule has 2 aromatic carbocycles. The summed E-state index contributed by atoms with van der Waals surface area (Å²) in [4.78, 5) is 14.3. The molecule has 0 aliphatic heterocycles. The fourth-order valence-corrected chi connectivity index (χ4v) is 2.31. The van der Waals surface area contributed by atoms with Crippen molar-refractivity contribution in [3.63, 3.8) is 0 Å². The molecule has 0 radical (unpaired) electrons. The molecule has 1 amide bonds. The molecule has 2 aromatic rings. The quantitative estimate of drug-likeness (QED) is 0.899. The molecule has 128 valence electrons. The van der Waals surface area contributed by atoms with Gasteiger partial charge in [-0.15, -0.1) is 0 Å². The van der Waals surface area contributed by atoms with E-state index in [0.717, 1.165) is 16.7 Å². The number of carbonyl (C=O) groups is 1. The van der Waals surface area contributed by atoms with Crippen LogP contribution in [0.4, 0.5) is 4.79 Å². The van der Waals surface area contributed by atoms with Gasteiger partial charge in [-0.1, -0.05) is 54.6 Å². The molecule has 0 heterocycles. The minimum absolute atomic E-state index is 0.0163. The Kier molecular flexibility index (Phi) is 5.99. The lowest BCUT2D eigenvalue weighted by atomic mass is 10.0. The average Bonchev–Trinajstić information content (AvgIpc) is 2.58. The lowest BCUT2D eigenvalue weighted by Crippen LogP contribution is -2.45. The van der Waals surface area contributed by atoms with Crippen molar-refractivity contribution in [3.05, 3.63) is 71.3 Å². The van der Waals surface area contributed by atoms with Crippen molar-refractivity contribution >= 4 is 6.09 Å². The van der Waals surface area contributed by atoms with Gasteiger partial charge in [0.15, 0.2) is 0 Å². The highest BCUT2D eigenvalue weighted by molar-refractivity contribution is 5.68. The van der Waals surface area contributed by atoms with E-state index in [2.05, 4.69) is 0 Å². The highest BCUT2D eigenvalue weighted by Crippen LogP contribution is 2.20. The zero-order valence-corrected chi connectivity index (χ0v) is 14.5. The molecule has 0 saturated heterocycles. The zero-order valence-electron chi connectivity index (χ0n) is 14.5. The van der Waals surface area contributed by atoms with Gasteiger partial charge in [-0.05, 0) is 37.5 Å². The van der Waals surface area contributed by atoms with Crippen molar-refractivity contribution in [3.8, 4) is 0 Å². The Hall–Kier alpha value is -2.33. The highest BCUT2D eigenvalue weighted by Gasteiger charge is 2.27. The van der Waals surface area contributed by atoms with E-state index in [1.165, 1.54) is 0 Å². The maximum atomic E-state index is 12.6. The molecule has 0 atom stereocenters. The van der Waals surface area contributed by atoms with Crippen LogP contribution in [0.3, 0.4) is 0 Å². The molecule has 2 rings (SSSR count). The first kappa shape index (κ1) is 18.0. The predicted molar refractivity (Wildman–Crippen MR) is 94.3 cm³/mol. The van der Waals surface area contributed by atoms with Gasteiger partial charge in [0.05, 0.1) is 6.61 Å². The molecule has 0 aliphatic carbocycles. The number of amides is 1. The Morgan fingerprint density at radius 2 is 1.54 bits per heavy atom. The smallest absolute Gasteiger partial charge is 0.410 e. The highest BCUT2D eigenvalue weighted by atomic mass is 16.6. The third kappa shape index (κ3) is 5.10. The van der Waals surface area contributed by atoms with E-state index >= 15 is 0 Å². The Bertz CT molecular complexity index is 645. The molecule has 4 heteroatoms. The number of hydrogen-bond acceptors (Lipinski definition) is 3. The van der Waals surface area contributed by atoms with Crippen molar-refractivity contribution in [2.75, 3.05) is 0 Å². The lowest BCUT2D eigenvalue weighted by molar-refractivity contribution is 0.0588. The topological polar surface area (TPSA) is 49.8 Å². The summed E-state index contributed by atoms with van der Waals surface area (Å²) < 4.78 is 5.48. The van der Waals surface area contributed by atoms with E-state index in [1.807, 2.05) is 75.4 Å². The number of aliphatic hydroxyl groups excluding tert-OH is 1. The Balaban J connectivity index is 2.05. The number of carbonyl (C=O) groups excluding carboxylic acids is 1. The third-order valence-electron chi connectivity index (χ3n) is 3.78. The summed E-state index contributed by atoms with van der Waals surface area (Å²) in [5.74, 6) is 0. The van der Waals surface area contributed by atoms with Crippen molar-refractivity contribution in [1.29, 1.82) is 0 Å². The average molecular weight is 327 g/mol. The van der Waals surface area contributed by atoms with Gasteiger partial charge >= 0.3 is 6.09 Å². The van der Waals surface area contributed by atoms with Crippen LogP contribution in [0.25, 0.3) is 0 Å². The second kappa shape index (κ2) is 7.97. The van der Waals surface area contributed by atoms with E-state index in [-0.39, 0.29) is 24.8 Å². The molecule has 0 aliphatic rings. The van der Waals surface area contributed by atoms with Crippen molar-refractivity contribution in [2.24, 2.45) is 0 Å². The summed E-state index contributed by atoms with van der Waals surface area (Å²) in [6, 6.07) is 17.2. The third-order valence-corrected chi connectivity index (χ3v) is 3.78. The number of aliphatic hydroxyl groups is 1. The first-order valence-electron chi connectivity index (χ1n) is 8.07. The summed E-state index contributed by atoms with van der Waals surface area (Å²) in [6.07, 6.45) is -0.336. The minimum Gasteiger partial charge on any atom is -0.445 e. The minimum atomic E-state index is -0.358. The van der Waals surface area contributed by atoms with E-state index < -0.39 is 0 Å². The molecule has 0 spiro atoms. The van der Waals surface area contributed by atoms with Gasteiger partial charge in [0.2, 0.25) is 0 Å². The Morgan fingerprint density at radius 3 is 2.08 bits per heavy atom. The molecule has 0 fully saturated rings. The molecular weight excluding hydrogens is 302 g/mol. The largest absolute Gasteiger partial charge is 0.445 e. The number of hydrogen-bond donors (Lipinski definition) is 1. The molecule has 0 aromatic heterocycles. The van der Waals surface area contributed by atoms with Crippen LogP contribution in [0.15, 0.2) is 54.6 Å². The SMILES string of the molecule is CC(C)(C)N(Cc1ccc(CO)cc1)C(=O)OCc1ccccc1. The summed E-state index contributed by atoms with van der Waals surface area (Å²) in [5.41, 5.74) is 2.46. The van der Waals surface area contributed by atoms with Crippen LogP contribution in [-0.4, -0.2) is 21.6 Å². The Morgan fingerprint density at radius 1 is 0.958 bits per heavy atom. The number of benzene rings is 2. The molecule has 1 N–H and O–H groups in total. The van der Waals surface area contributed by atoms with Crippen LogP contribution in [-0.2, 0) is 24.5 Å². The molecule has 24 heavy (non-hydrogen) atoms. The monoisotopic (exact) mass is 327 g/mol. The van der Waals surface area contributed by atoms with E-state index in [0.29, 0.717) is 6.54 Å². The predicted octanol–water partition coefficient (Wildman–Crippen LogP) is 4.12. The zero-order chi connectivity index (χ0) is 17.6. The van der Waals surface area contributed by atoms with Crippen LogP contribution < -0.4 is 0 Å². The van der Waals surface area contributed by atoms with Crippen molar-refractivity contribution < 1.29 is 14.6 Å². The van der Waals surface area contributed by atoms with Gasteiger partial charge in [0, 0.05) is 12.1 Å². The van der Waals surface area contributed by atoms with Crippen LogP contribution >= 0.6 is 0 Å². The van der Waals surface area contributed by atoms with Gasteiger partial charge in [0.1, 0.15) is 6.61 Å². The summed E-state index contributed by atoms with van der Waals surface area (Å²) in [6.45, 7) is 6.69. The van der Waals surface area contributed by atoms with Gasteiger partial charge < -0.3 is 9.84 Å². The molecule has 0 bridgehead atoms. The van der Waals surface area contributed by atoms with Gasteiger partial charge in [-0.2, -0.15) is 0 Å². The molecule has 4 nitrogen and oxygen atoms in total. The van der Waals surface area contributed by atoms with Gasteiger partial charge in [0.25, 0.3) is 0 Å². The molecule has 0 unspecified atom stereocenters. The standard InChI is InChI=1S/C20H25NO3/c1-20(2,3)21(13-16-9-11-17(14-22)12-10-16)19(23)24-15-18-7-5-4-6-8-18/h4-12,22H,13-15H2,1-3H3. The van der Waals surface area contributed by atoms with Crippen LogP contribution in [0, 0.1) is 0 Å². The van der Waals surface area contributed by atoms with Gasteiger partial charge in [-0.3, -0.25) is 4.90 Å². The Labute approximate surface area is 143 Å². The summed E-state index contributed by atoms with van der Waals surface area (Å²) >= 11 is 0. The number of rotatable bonds is 5. The van der Waals surface area contributed by atoms with E-state index in [9.17, 15) is 4.79 Å². The fraction of sp³-hybridized carbons (Fsp3) is 0.350. The van der Waals surface area contributed by atoms with Crippen molar-refractivity contribution in [2.45, 2.75) is 46.1 Å². The first-order chi connectivity index (χ1) is 11.4. The summed E-state index contributed by atoms with van der Waals surface area (Å²) in [5, 5.41) is 9.12. The number of ether oxygens (including phenoxy) is 1. The normalized spacial score (nSPS) is 11.2. The van der Waals surface area contributed by atoms with Gasteiger partial charge in [-0.25, -0.2) is 4.79 Å². The molecular formula is C20H25NO3. The van der Waals surface area contributed by atoms with Crippen molar-refractivity contribution in [1.82, 2.24) is 4.90 Å². The maximum Gasteiger partial charge on any atom is 0.410 e. The summed E-state index contributed by atoms with van der Waals surface area (Å²) in [7, 11) is 0. The first-order valence-corrected chi connectivity index (χ1v) is 8.07. The second-order valence-corrected chi connectivity index (χ2v) is 6.77. The second-order valence-electron chi connectivity index (χ2n) is 6.77.